The molecule has 0 bridgehead atoms. The topological polar surface area (TPSA) is 130 Å². The molecule has 10 nitrogen and oxygen atoms in total. The molecule has 0 radical (unpaired) electrons. The number of urea groups is 1. The second kappa shape index (κ2) is 16.3. The first-order valence-electron chi connectivity index (χ1n) is 15.8. The monoisotopic (exact) mass is 730 g/mol. The average molecular weight is 731 g/mol. The zero-order valence-corrected chi connectivity index (χ0v) is 29.9. The number of thioether (sulfide) groups is 1. The van der Waals surface area contributed by atoms with Crippen molar-refractivity contribution in [2.75, 3.05) is 27.3 Å². The molecule has 4 amide bonds. The molecule has 2 rings (SSSR count). The maximum atomic E-state index is 13.5. The largest absolute Gasteiger partial charge is 0.453 e. The fourth-order valence-electron chi connectivity index (χ4n) is 5.40. The summed E-state index contributed by atoms with van der Waals surface area (Å²) < 4.78 is 93.4. The van der Waals surface area contributed by atoms with Gasteiger partial charge >= 0.3 is 34.5 Å². The molecule has 1 aliphatic rings. The lowest BCUT2D eigenvalue weighted by atomic mass is 10.0. The van der Waals surface area contributed by atoms with E-state index in [9.17, 15) is 44.8 Å². The zero-order chi connectivity index (χ0) is 36.7. The highest BCUT2D eigenvalue weighted by atomic mass is 32.2. The van der Waals surface area contributed by atoms with E-state index in [1.807, 2.05) is 0 Å². The van der Waals surface area contributed by atoms with Crippen molar-refractivity contribution in [3.8, 4) is 0 Å². The van der Waals surface area contributed by atoms with E-state index in [1.165, 1.54) is 34.9 Å². The number of nitrogens with two attached hydrogens (primary N) is 1. The molecule has 0 aromatic heterocycles. The molecule has 0 unspecified atom stereocenters. The molecule has 0 aliphatic carbocycles. The van der Waals surface area contributed by atoms with Crippen LogP contribution in [0, 0.1) is 6.92 Å². The number of alkyl halides is 5. The summed E-state index contributed by atoms with van der Waals surface area (Å²) in [5.74, 6) is -4.10. The minimum atomic E-state index is -5.50. The second-order valence-electron chi connectivity index (χ2n) is 13.3. The van der Waals surface area contributed by atoms with Crippen LogP contribution in [0.3, 0.4) is 0 Å². The highest BCUT2D eigenvalue weighted by molar-refractivity contribution is 7.99. The van der Waals surface area contributed by atoms with Gasteiger partial charge in [0, 0.05) is 13.0 Å². The Bertz CT molecular complexity index is 1400. The van der Waals surface area contributed by atoms with Crippen LogP contribution in [-0.4, -0.2) is 72.6 Å². The zero-order valence-electron chi connectivity index (χ0n) is 28.3. The molecule has 0 saturated carbocycles. The Morgan fingerprint density at radius 3 is 2.00 bits per heavy atom. The lowest BCUT2D eigenvalue weighted by Crippen LogP contribution is -2.48. The standard InChI is InChI=1S/C31H47F5N4O6S2/c1-22-21-23(15-16-24(22)40(28(2,3)4)48(44,45)46-26(37)42)39-25(41)29(5,6)38(27(39)43)18-12-10-8-7-9-11-13-19-47-20-14-17-30(32,33)31(34,35)36/h15-16,21H,7-14,17-20H2,1-6H3,(H2,37,42). The third-order valence-corrected chi connectivity index (χ3v) is 10.6. The van der Waals surface area contributed by atoms with Gasteiger partial charge in [-0.05, 0) is 96.1 Å². The summed E-state index contributed by atoms with van der Waals surface area (Å²) in [4.78, 5) is 40.8. The van der Waals surface area contributed by atoms with Gasteiger partial charge in [-0.15, -0.1) is 0 Å². The van der Waals surface area contributed by atoms with E-state index in [1.54, 1.807) is 41.5 Å². The fraction of sp³-hybridized carbons (Fsp3) is 0.710. The highest BCUT2D eigenvalue weighted by Crippen LogP contribution is 2.39. The number of carbonyl (C=O) groups excluding carboxylic acids is 3. The molecule has 0 spiro atoms. The van der Waals surface area contributed by atoms with Gasteiger partial charge in [-0.25, -0.2) is 18.8 Å². The first-order valence-corrected chi connectivity index (χ1v) is 18.3. The Labute approximate surface area is 284 Å². The predicted octanol–water partition coefficient (Wildman–Crippen LogP) is 7.93. The molecule has 48 heavy (non-hydrogen) atoms. The molecule has 1 saturated heterocycles. The molecule has 17 heteroatoms. The third kappa shape index (κ3) is 10.6. The van der Waals surface area contributed by atoms with E-state index in [0.29, 0.717) is 24.3 Å². The Morgan fingerprint density at radius 1 is 0.938 bits per heavy atom. The van der Waals surface area contributed by atoms with Crippen LogP contribution in [0.2, 0.25) is 0 Å². The summed E-state index contributed by atoms with van der Waals surface area (Å²) >= 11 is 1.38. The van der Waals surface area contributed by atoms with Crippen molar-refractivity contribution in [1.29, 1.82) is 0 Å². The van der Waals surface area contributed by atoms with Crippen molar-refractivity contribution in [3.63, 3.8) is 0 Å². The number of primary amides is 1. The number of amides is 4. The summed E-state index contributed by atoms with van der Waals surface area (Å²) in [6.45, 7) is 10.1. The number of hydrogen-bond acceptors (Lipinski definition) is 7. The first-order chi connectivity index (χ1) is 21.9. The Morgan fingerprint density at radius 2 is 1.48 bits per heavy atom. The van der Waals surface area contributed by atoms with E-state index in [4.69, 9.17) is 5.73 Å². The number of imide groups is 1. The Hall–Kier alpha value is -2.82. The maximum Gasteiger partial charge on any atom is 0.453 e. The van der Waals surface area contributed by atoms with Crippen LogP contribution in [0.25, 0.3) is 0 Å². The van der Waals surface area contributed by atoms with Gasteiger partial charge in [0.05, 0.1) is 16.9 Å². The van der Waals surface area contributed by atoms with Crippen molar-refractivity contribution >= 4 is 51.5 Å². The summed E-state index contributed by atoms with van der Waals surface area (Å²) in [7, 11) is -4.62. The van der Waals surface area contributed by atoms with Crippen molar-refractivity contribution in [3.05, 3.63) is 23.8 Å². The third-order valence-electron chi connectivity index (χ3n) is 7.87. The Kier molecular flexibility index (Phi) is 14.0. The summed E-state index contributed by atoms with van der Waals surface area (Å²) in [5, 5.41) is 0. The highest BCUT2D eigenvalue weighted by Gasteiger charge is 2.56. The molecule has 1 aromatic rings. The molecular weight excluding hydrogens is 683 g/mol. The number of aryl methyl sites for hydroxylation is 1. The molecule has 1 heterocycles. The molecule has 274 valence electrons. The van der Waals surface area contributed by atoms with E-state index in [0.717, 1.165) is 47.7 Å². The summed E-state index contributed by atoms with van der Waals surface area (Å²) in [6, 6.07) is 3.93. The normalized spacial score (nSPS) is 15.7. The van der Waals surface area contributed by atoms with E-state index < -0.39 is 57.9 Å². The van der Waals surface area contributed by atoms with Gasteiger partial charge in [0.1, 0.15) is 5.54 Å². The van der Waals surface area contributed by atoms with Crippen LogP contribution in [-0.2, 0) is 19.3 Å². The predicted molar refractivity (Wildman–Crippen MR) is 177 cm³/mol. The molecule has 1 aliphatic heterocycles. The van der Waals surface area contributed by atoms with E-state index in [-0.39, 0.29) is 23.5 Å². The summed E-state index contributed by atoms with van der Waals surface area (Å²) in [6.07, 6.45) is -2.30. The van der Waals surface area contributed by atoms with Crippen molar-refractivity contribution in [1.82, 2.24) is 4.90 Å². The quantitative estimate of drug-likeness (QED) is 0.0923. The first kappa shape index (κ1) is 41.4. The van der Waals surface area contributed by atoms with Gasteiger partial charge < -0.3 is 14.8 Å². The second-order valence-corrected chi connectivity index (χ2v) is 15.9. The van der Waals surface area contributed by atoms with Crippen LogP contribution < -0.4 is 14.9 Å². The van der Waals surface area contributed by atoms with E-state index >= 15 is 0 Å². The molecule has 2 N–H and O–H groups in total. The van der Waals surface area contributed by atoms with Gasteiger partial charge in [0.25, 0.3) is 5.91 Å². The van der Waals surface area contributed by atoms with E-state index in [2.05, 4.69) is 4.18 Å². The number of benzene rings is 1. The molecule has 0 atom stereocenters. The van der Waals surface area contributed by atoms with Crippen molar-refractivity contribution < 1.29 is 48.9 Å². The molecule has 1 aromatic carbocycles. The number of anilines is 2. The number of rotatable bonds is 18. The lowest BCUT2D eigenvalue weighted by molar-refractivity contribution is -0.284. The van der Waals surface area contributed by atoms with Crippen LogP contribution in [0.15, 0.2) is 18.2 Å². The van der Waals surface area contributed by atoms with Crippen LogP contribution in [0.5, 0.6) is 0 Å². The number of carbonyl (C=O) groups is 3. The minimum absolute atomic E-state index is 0.175. The lowest BCUT2D eigenvalue weighted by Gasteiger charge is -2.35. The maximum absolute atomic E-state index is 13.5. The van der Waals surface area contributed by atoms with Gasteiger partial charge in [0.2, 0.25) is 0 Å². The van der Waals surface area contributed by atoms with Crippen LogP contribution in [0.1, 0.15) is 98.0 Å². The van der Waals surface area contributed by atoms with Crippen LogP contribution in [0.4, 0.5) is 42.9 Å². The van der Waals surface area contributed by atoms with Crippen molar-refractivity contribution in [2.45, 2.75) is 123 Å². The molecular formula is C31H47F5N4O6S2. The van der Waals surface area contributed by atoms with Gasteiger partial charge in [-0.2, -0.15) is 42.1 Å². The van der Waals surface area contributed by atoms with Gasteiger partial charge in [0.15, 0.2) is 0 Å². The number of unbranched alkanes of at least 4 members (excludes halogenated alkanes) is 6. The average Bonchev–Trinajstić information content (AvgIpc) is 3.08. The van der Waals surface area contributed by atoms with Crippen molar-refractivity contribution in [2.24, 2.45) is 5.73 Å². The van der Waals surface area contributed by atoms with Crippen LogP contribution >= 0.6 is 11.8 Å². The Balaban J connectivity index is 1.86. The fourth-order valence-corrected chi connectivity index (χ4v) is 7.76. The number of nitrogens with zero attached hydrogens (tertiary/aromatic N) is 3. The minimum Gasteiger partial charge on any atom is -0.334 e. The smallest absolute Gasteiger partial charge is 0.334 e. The van der Waals surface area contributed by atoms with Gasteiger partial charge in [-0.3, -0.25) is 4.79 Å². The van der Waals surface area contributed by atoms with Gasteiger partial charge in [-0.1, -0.05) is 32.1 Å². The SMILES string of the molecule is Cc1cc(N2C(=O)N(CCCCCCCCCSCCCC(F)(F)C(F)(F)F)C(C)(C)C2=O)ccc1N(C(C)(C)C)S(=O)(=O)OC(N)=O. The number of hydrogen-bond donors (Lipinski definition) is 1. The number of halogens is 5. The molecule has 1 fully saturated rings. The summed E-state index contributed by atoms with van der Waals surface area (Å²) in [5.41, 5.74) is 3.64.